The highest BCUT2D eigenvalue weighted by molar-refractivity contribution is 5.37. The molecule has 9 heteroatoms. The highest BCUT2D eigenvalue weighted by atomic mass is 16.5. The lowest BCUT2D eigenvalue weighted by atomic mass is 10.4. The van der Waals surface area contributed by atoms with Crippen molar-refractivity contribution in [3.8, 4) is 12.1 Å². The number of hydrogen-bond donors (Lipinski definition) is 2. The number of anilines is 2. The van der Waals surface area contributed by atoms with Gasteiger partial charge in [-0.15, -0.1) is 0 Å². The standard InChI is InChI=1S/C10H17N7O2/c1-18-7-6-17(5-3-4-11)9-13-8(16-12)14-10(15-9)19-2/h3,5-7,12H2,1-2H3,(H,13,14,15,16). The van der Waals surface area contributed by atoms with Crippen molar-refractivity contribution >= 4 is 11.9 Å². The fourth-order valence-electron chi connectivity index (χ4n) is 1.34. The second-order valence-corrected chi connectivity index (χ2v) is 3.48. The Labute approximate surface area is 111 Å². The first kappa shape index (κ1) is 14.9. The molecular formula is C10H17N7O2. The normalized spacial score (nSPS) is 9.79. The zero-order valence-corrected chi connectivity index (χ0v) is 11.0. The van der Waals surface area contributed by atoms with Gasteiger partial charge in [0.15, 0.2) is 0 Å². The molecule has 0 spiro atoms. The van der Waals surface area contributed by atoms with Crippen LogP contribution in [0.1, 0.15) is 6.42 Å². The molecule has 0 saturated carbocycles. The predicted molar refractivity (Wildman–Crippen MR) is 68.5 cm³/mol. The summed E-state index contributed by atoms with van der Waals surface area (Å²) < 4.78 is 10.00. The average Bonchev–Trinajstić information content (AvgIpc) is 2.46. The van der Waals surface area contributed by atoms with E-state index in [9.17, 15) is 0 Å². The summed E-state index contributed by atoms with van der Waals surface area (Å²) in [6, 6.07) is 2.23. The molecule has 0 radical (unpaired) electrons. The number of rotatable bonds is 8. The second-order valence-electron chi connectivity index (χ2n) is 3.48. The molecule has 0 aliphatic heterocycles. The molecule has 0 atom stereocenters. The van der Waals surface area contributed by atoms with Gasteiger partial charge in [-0.25, -0.2) is 5.84 Å². The molecule has 104 valence electrons. The van der Waals surface area contributed by atoms with Gasteiger partial charge in [0.2, 0.25) is 11.9 Å². The molecule has 0 aliphatic rings. The third kappa shape index (κ3) is 4.53. The van der Waals surface area contributed by atoms with E-state index in [1.165, 1.54) is 7.11 Å². The number of hydrazine groups is 1. The smallest absolute Gasteiger partial charge is 0.322 e. The molecule has 0 bridgehead atoms. The van der Waals surface area contributed by atoms with Gasteiger partial charge in [-0.3, -0.25) is 5.43 Å². The van der Waals surface area contributed by atoms with E-state index < -0.39 is 0 Å². The maximum Gasteiger partial charge on any atom is 0.322 e. The summed E-state index contributed by atoms with van der Waals surface area (Å²) in [5.41, 5.74) is 2.34. The van der Waals surface area contributed by atoms with Gasteiger partial charge in [0, 0.05) is 20.2 Å². The van der Waals surface area contributed by atoms with Crippen molar-refractivity contribution in [2.45, 2.75) is 6.42 Å². The van der Waals surface area contributed by atoms with Crippen LogP contribution in [0.15, 0.2) is 0 Å². The molecule has 9 nitrogen and oxygen atoms in total. The lowest BCUT2D eigenvalue weighted by molar-refractivity contribution is 0.205. The molecule has 1 heterocycles. The molecule has 0 aliphatic carbocycles. The van der Waals surface area contributed by atoms with Gasteiger partial charge in [0.05, 0.1) is 26.2 Å². The zero-order chi connectivity index (χ0) is 14.1. The van der Waals surface area contributed by atoms with Crippen LogP contribution in [-0.4, -0.2) is 48.9 Å². The molecule has 1 aromatic rings. The highest BCUT2D eigenvalue weighted by Gasteiger charge is 2.13. The second kappa shape index (κ2) is 8.02. The topological polar surface area (TPSA) is 122 Å². The number of nitrogen functional groups attached to an aromatic ring is 1. The van der Waals surface area contributed by atoms with E-state index in [1.54, 1.807) is 12.0 Å². The number of methoxy groups -OCH3 is 2. The number of aromatic nitrogens is 3. The van der Waals surface area contributed by atoms with E-state index in [4.69, 9.17) is 20.6 Å². The van der Waals surface area contributed by atoms with Crippen molar-refractivity contribution in [2.75, 3.05) is 44.2 Å². The van der Waals surface area contributed by atoms with Gasteiger partial charge in [-0.1, -0.05) is 0 Å². The number of nitrogens with zero attached hydrogens (tertiary/aromatic N) is 5. The molecule has 0 fully saturated rings. The van der Waals surface area contributed by atoms with Crippen LogP contribution in [0.25, 0.3) is 0 Å². The number of nitrogens with two attached hydrogens (primary N) is 1. The Morgan fingerprint density at radius 1 is 1.32 bits per heavy atom. The quantitative estimate of drug-likeness (QED) is 0.475. The van der Waals surface area contributed by atoms with E-state index in [0.29, 0.717) is 32.1 Å². The van der Waals surface area contributed by atoms with Gasteiger partial charge < -0.3 is 14.4 Å². The monoisotopic (exact) mass is 267 g/mol. The summed E-state index contributed by atoms with van der Waals surface area (Å²) >= 11 is 0. The third-order valence-corrected chi connectivity index (χ3v) is 2.26. The van der Waals surface area contributed by atoms with Crippen molar-refractivity contribution in [3.63, 3.8) is 0 Å². The molecule has 0 unspecified atom stereocenters. The van der Waals surface area contributed by atoms with Gasteiger partial charge in [0.1, 0.15) is 0 Å². The molecule has 0 aromatic carbocycles. The van der Waals surface area contributed by atoms with Gasteiger partial charge in [-0.2, -0.15) is 20.2 Å². The van der Waals surface area contributed by atoms with E-state index in [0.717, 1.165) is 0 Å². The number of nitriles is 1. The summed E-state index contributed by atoms with van der Waals surface area (Å²) in [5.74, 6) is 5.87. The molecule has 1 rings (SSSR count). The van der Waals surface area contributed by atoms with Crippen LogP contribution in [0.3, 0.4) is 0 Å². The Morgan fingerprint density at radius 3 is 2.68 bits per heavy atom. The molecule has 0 amide bonds. The first-order valence-corrected chi connectivity index (χ1v) is 5.62. The van der Waals surface area contributed by atoms with E-state index in [1.807, 2.05) is 0 Å². The first-order chi connectivity index (χ1) is 9.24. The maximum atomic E-state index is 8.67. The van der Waals surface area contributed by atoms with Crippen molar-refractivity contribution < 1.29 is 9.47 Å². The van der Waals surface area contributed by atoms with Gasteiger partial charge >= 0.3 is 6.01 Å². The molecule has 3 N–H and O–H groups in total. The Kier molecular flexibility index (Phi) is 6.28. The number of ether oxygens (including phenoxy) is 2. The fourth-order valence-corrected chi connectivity index (χ4v) is 1.34. The highest BCUT2D eigenvalue weighted by Crippen LogP contribution is 2.14. The Morgan fingerprint density at radius 2 is 2.11 bits per heavy atom. The summed E-state index contributed by atoms with van der Waals surface area (Å²) in [4.78, 5) is 14.0. The Balaban J connectivity index is 2.95. The van der Waals surface area contributed by atoms with Crippen LogP contribution >= 0.6 is 0 Å². The fraction of sp³-hybridized carbons (Fsp3) is 0.600. The van der Waals surface area contributed by atoms with Crippen LogP contribution in [0.5, 0.6) is 6.01 Å². The van der Waals surface area contributed by atoms with E-state index in [2.05, 4.69) is 26.4 Å². The number of hydrogen-bond acceptors (Lipinski definition) is 9. The van der Waals surface area contributed by atoms with Crippen molar-refractivity contribution in [1.29, 1.82) is 5.26 Å². The first-order valence-electron chi connectivity index (χ1n) is 5.62. The molecule has 0 saturated heterocycles. The van der Waals surface area contributed by atoms with Crippen LogP contribution in [0, 0.1) is 11.3 Å². The lowest BCUT2D eigenvalue weighted by Crippen LogP contribution is -2.30. The minimum absolute atomic E-state index is 0.150. The minimum Gasteiger partial charge on any atom is -0.467 e. The number of nitrogens with one attached hydrogen (secondary N) is 1. The Hall–Kier alpha value is -2.18. The summed E-state index contributed by atoms with van der Waals surface area (Å²) in [7, 11) is 3.05. The van der Waals surface area contributed by atoms with Crippen molar-refractivity contribution in [2.24, 2.45) is 5.84 Å². The van der Waals surface area contributed by atoms with Crippen LogP contribution in [0.2, 0.25) is 0 Å². The van der Waals surface area contributed by atoms with Crippen LogP contribution in [-0.2, 0) is 4.74 Å². The predicted octanol–water partition coefficient (Wildman–Crippen LogP) is -0.468. The zero-order valence-electron chi connectivity index (χ0n) is 11.0. The largest absolute Gasteiger partial charge is 0.467 e. The SMILES string of the molecule is COCCN(CCC#N)c1nc(NN)nc(OC)n1. The van der Waals surface area contributed by atoms with E-state index in [-0.39, 0.29) is 12.0 Å². The Bertz CT molecular complexity index is 412. The van der Waals surface area contributed by atoms with Gasteiger partial charge in [-0.05, 0) is 0 Å². The van der Waals surface area contributed by atoms with Crippen molar-refractivity contribution in [1.82, 2.24) is 15.0 Å². The minimum atomic E-state index is 0.150. The molecule has 1 aromatic heterocycles. The third-order valence-electron chi connectivity index (χ3n) is 2.26. The van der Waals surface area contributed by atoms with Crippen LogP contribution in [0.4, 0.5) is 11.9 Å². The summed E-state index contributed by atoms with van der Waals surface area (Å²) in [5, 5.41) is 8.67. The van der Waals surface area contributed by atoms with Crippen molar-refractivity contribution in [3.05, 3.63) is 0 Å². The summed E-state index contributed by atoms with van der Waals surface area (Å²) in [6.45, 7) is 1.53. The van der Waals surface area contributed by atoms with Crippen LogP contribution < -0.4 is 20.9 Å². The molecule has 19 heavy (non-hydrogen) atoms. The molecular weight excluding hydrogens is 250 g/mol. The summed E-state index contributed by atoms with van der Waals surface area (Å²) in [6.07, 6.45) is 0.350. The van der Waals surface area contributed by atoms with Gasteiger partial charge in [0.25, 0.3) is 0 Å². The van der Waals surface area contributed by atoms with E-state index >= 15 is 0 Å². The lowest BCUT2D eigenvalue weighted by Gasteiger charge is -2.21. The maximum absolute atomic E-state index is 8.67. The average molecular weight is 267 g/mol.